The first-order valence-corrected chi connectivity index (χ1v) is 5.92. The molecule has 0 bridgehead atoms. The molecule has 0 unspecified atom stereocenters. The Labute approximate surface area is 108 Å². The summed E-state index contributed by atoms with van der Waals surface area (Å²) in [4.78, 5) is 8.54. The van der Waals surface area contributed by atoms with E-state index in [0.29, 0.717) is 0 Å². The van der Waals surface area contributed by atoms with Crippen LogP contribution in [0.5, 0.6) is 0 Å². The predicted molar refractivity (Wildman–Crippen MR) is 71.5 cm³/mol. The van der Waals surface area contributed by atoms with Crippen molar-refractivity contribution in [3.05, 3.63) is 55.1 Å². The van der Waals surface area contributed by atoms with Gasteiger partial charge in [0.1, 0.15) is 6.33 Å². The van der Waals surface area contributed by atoms with Gasteiger partial charge in [-0.15, -0.1) is 10.2 Å². The van der Waals surface area contributed by atoms with Crippen molar-refractivity contribution in [3.63, 3.8) is 0 Å². The second-order valence-corrected chi connectivity index (χ2v) is 4.22. The summed E-state index contributed by atoms with van der Waals surface area (Å²) in [6.45, 7) is 0. The maximum Gasteiger partial charge on any atom is 0.171 e. The SMILES string of the molecule is c1cncc(-c2nnc3c4ccccc4ncn23)c1. The van der Waals surface area contributed by atoms with Crippen LogP contribution in [-0.4, -0.2) is 24.6 Å². The van der Waals surface area contributed by atoms with E-state index >= 15 is 0 Å². The van der Waals surface area contributed by atoms with E-state index in [0.717, 1.165) is 27.9 Å². The fourth-order valence-corrected chi connectivity index (χ4v) is 2.17. The van der Waals surface area contributed by atoms with Crippen LogP contribution < -0.4 is 0 Å². The van der Waals surface area contributed by atoms with Gasteiger partial charge in [-0.1, -0.05) is 12.1 Å². The zero-order valence-corrected chi connectivity index (χ0v) is 9.93. The standard InChI is InChI=1S/C14H9N5/c1-2-6-12-11(5-1)14-18-17-13(19(14)9-16-12)10-4-3-7-15-8-10/h1-9H. The molecule has 4 aromatic rings. The van der Waals surface area contributed by atoms with E-state index in [1.807, 2.05) is 40.8 Å². The third kappa shape index (κ3) is 1.48. The molecule has 0 saturated carbocycles. The van der Waals surface area contributed by atoms with Gasteiger partial charge in [-0.25, -0.2) is 4.98 Å². The number of benzene rings is 1. The van der Waals surface area contributed by atoms with E-state index in [1.165, 1.54) is 0 Å². The van der Waals surface area contributed by atoms with Gasteiger partial charge in [0.05, 0.1) is 5.52 Å². The van der Waals surface area contributed by atoms with Gasteiger partial charge in [0.2, 0.25) is 0 Å². The fourth-order valence-electron chi connectivity index (χ4n) is 2.17. The summed E-state index contributed by atoms with van der Waals surface area (Å²) in [5.41, 5.74) is 2.65. The van der Waals surface area contributed by atoms with Crippen molar-refractivity contribution in [2.45, 2.75) is 0 Å². The van der Waals surface area contributed by atoms with Gasteiger partial charge >= 0.3 is 0 Å². The molecule has 0 aliphatic carbocycles. The Morgan fingerprint density at radius 1 is 0.947 bits per heavy atom. The first-order valence-electron chi connectivity index (χ1n) is 5.92. The highest BCUT2D eigenvalue weighted by atomic mass is 15.3. The molecular formula is C14H9N5. The monoisotopic (exact) mass is 247 g/mol. The normalized spacial score (nSPS) is 11.2. The highest BCUT2D eigenvalue weighted by Gasteiger charge is 2.10. The van der Waals surface area contributed by atoms with Crippen molar-refractivity contribution in [1.82, 2.24) is 24.6 Å². The van der Waals surface area contributed by atoms with Gasteiger partial charge < -0.3 is 0 Å². The van der Waals surface area contributed by atoms with Gasteiger partial charge in [-0.05, 0) is 24.3 Å². The minimum Gasteiger partial charge on any atom is -0.265 e. The second-order valence-electron chi connectivity index (χ2n) is 4.22. The third-order valence-electron chi connectivity index (χ3n) is 3.07. The molecule has 1 aromatic carbocycles. The van der Waals surface area contributed by atoms with Crippen LogP contribution in [0.2, 0.25) is 0 Å². The Balaban J connectivity index is 2.08. The first kappa shape index (κ1) is 10.1. The summed E-state index contributed by atoms with van der Waals surface area (Å²) in [6.07, 6.45) is 5.26. The lowest BCUT2D eigenvalue weighted by molar-refractivity contribution is 1.09. The molecule has 0 amide bonds. The summed E-state index contributed by atoms with van der Waals surface area (Å²) >= 11 is 0. The number of pyridine rings is 1. The average Bonchev–Trinajstić information content (AvgIpc) is 2.92. The number of aromatic nitrogens is 5. The molecule has 3 heterocycles. The van der Waals surface area contributed by atoms with Gasteiger partial charge in [0, 0.05) is 23.3 Å². The summed E-state index contributed by atoms with van der Waals surface area (Å²) in [5.74, 6) is 0.751. The quantitative estimate of drug-likeness (QED) is 0.518. The molecule has 0 atom stereocenters. The lowest BCUT2D eigenvalue weighted by atomic mass is 10.2. The third-order valence-corrected chi connectivity index (χ3v) is 3.07. The van der Waals surface area contributed by atoms with Crippen molar-refractivity contribution >= 4 is 16.6 Å². The van der Waals surface area contributed by atoms with Crippen LogP contribution in [0.15, 0.2) is 55.1 Å². The lowest BCUT2D eigenvalue weighted by Gasteiger charge is -2.01. The number of hydrogen-bond donors (Lipinski definition) is 0. The molecule has 0 radical (unpaired) electrons. The van der Waals surface area contributed by atoms with E-state index in [-0.39, 0.29) is 0 Å². The highest BCUT2D eigenvalue weighted by Crippen LogP contribution is 2.21. The molecule has 0 fully saturated rings. The zero-order chi connectivity index (χ0) is 12.7. The average molecular weight is 247 g/mol. The van der Waals surface area contributed by atoms with E-state index < -0.39 is 0 Å². The van der Waals surface area contributed by atoms with E-state index in [1.54, 1.807) is 18.7 Å². The Kier molecular flexibility index (Phi) is 2.05. The molecule has 90 valence electrons. The van der Waals surface area contributed by atoms with Crippen molar-refractivity contribution in [1.29, 1.82) is 0 Å². The van der Waals surface area contributed by atoms with Crippen molar-refractivity contribution in [3.8, 4) is 11.4 Å². The Morgan fingerprint density at radius 3 is 2.79 bits per heavy atom. The molecule has 19 heavy (non-hydrogen) atoms. The van der Waals surface area contributed by atoms with Gasteiger partial charge in [0.25, 0.3) is 0 Å². The Hall–Kier alpha value is -2.82. The first-order chi connectivity index (χ1) is 9.43. The maximum absolute atomic E-state index is 4.43. The van der Waals surface area contributed by atoms with Crippen molar-refractivity contribution < 1.29 is 0 Å². The summed E-state index contributed by atoms with van der Waals surface area (Å²) in [6, 6.07) is 11.7. The number of para-hydroxylation sites is 1. The molecule has 5 heteroatoms. The van der Waals surface area contributed by atoms with Crippen LogP contribution in [0.3, 0.4) is 0 Å². The summed E-state index contributed by atoms with van der Waals surface area (Å²) < 4.78 is 1.89. The van der Waals surface area contributed by atoms with Crippen LogP contribution in [0.4, 0.5) is 0 Å². The van der Waals surface area contributed by atoms with Crippen molar-refractivity contribution in [2.24, 2.45) is 0 Å². The molecule has 3 aromatic heterocycles. The van der Waals surface area contributed by atoms with Crippen LogP contribution in [0, 0.1) is 0 Å². The van der Waals surface area contributed by atoms with Crippen LogP contribution in [0.25, 0.3) is 27.9 Å². The maximum atomic E-state index is 4.43. The molecule has 4 rings (SSSR count). The minimum absolute atomic E-state index is 0.751. The van der Waals surface area contributed by atoms with E-state index in [9.17, 15) is 0 Å². The molecular weight excluding hydrogens is 238 g/mol. The van der Waals surface area contributed by atoms with Gasteiger partial charge in [-0.3, -0.25) is 9.38 Å². The zero-order valence-electron chi connectivity index (χ0n) is 9.93. The topological polar surface area (TPSA) is 56.0 Å². The number of fused-ring (bicyclic) bond motifs is 3. The second kappa shape index (κ2) is 3.84. The minimum atomic E-state index is 0.751. The Bertz CT molecular complexity index is 867. The Morgan fingerprint density at radius 2 is 1.89 bits per heavy atom. The number of nitrogens with zero attached hydrogens (tertiary/aromatic N) is 5. The lowest BCUT2D eigenvalue weighted by Crippen LogP contribution is -1.92. The fraction of sp³-hybridized carbons (Fsp3) is 0. The molecule has 0 saturated heterocycles. The number of rotatable bonds is 1. The molecule has 0 aliphatic heterocycles. The van der Waals surface area contributed by atoms with Gasteiger partial charge in [-0.2, -0.15) is 0 Å². The van der Waals surface area contributed by atoms with E-state index in [4.69, 9.17) is 0 Å². The smallest absolute Gasteiger partial charge is 0.171 e. The van der Waals surface area contributed by atoms with Crippen molar-refractivity contribution in [2.75, 3.05) is 0 Å². The summed E-state index contributed by atoms with van der Waals surface area (Å²) in [7, 11) is 0. The molecule has 0 spiro atoms. The number of hydrogen-bond acceptors (Lipinski definition) is 4. The molecule has 5 nitrogen and oxygen atoms in total. The van der Waals surface area contributed by atoms with Gasteiger partial charge in [0.15, 0.2) is 11.5 Å². The van der Waals surface area contributed by atoms with Crippen LogP contribution >= 0.6 is 0 Å². The summed E-state index contributed by atoms with van der Waals surface area (Å²) in [5, 5.41) is 9.51. The predicted octanol–water partition coefficient (Wildman–Crippen LogP) is 2.34. The highest BCUT2D eigenvalue weighted by molar-refractivity contribution is 5.91. The largest absolute Gasteiger partial charge is 0.265 e. The van der Waals surface area contributed by atoms with Crippen LogP contribution in [0.1, 0.15) is 0 Å². The van der Waals surface area contributed by atoms with Crippen LogP contribution in [-0.2, 0) is 0 Å². The molecule has 0 N–H and O–H groups in total. The van der Waals surface area contributed by atoms with E-state index in [2.05, 4.69) is 20.2 Å². The molecule has 0 aliphatic rings.